The summed E-state index contributed by atoms with van der Waals surface area (Å²) in [7, 11) is 0. The Balaban J connectivity index is 2.22. The fourth-order valence-electron chi connectivity index (χ4n) is 2.20. The molecule has 22 heavy (non-hydrogen) atoms. The minimum Gasteiger partial charge on any atom is -0.455 e. The van der Waals surface area contributed by atoms with Gasteiger partial charge in [0.1, 0.15) is 5.75 Å². The smallest absolute Gasteiger partial charge is 0.227 e. The van der Waals surface area contributed by atoms with Crippen LogP contribution in [0.25, 0.3) is 0 Å². The number of halogens is 1. The molecule has 0 bridgehead atoms. The highest BCUT2D eigenvalue weighted by Crippen LogP contribution is 2.32. The Morgan fingerprint density at radius 1 is 1.14 bits per heavy atom. The lowest BCUT2D eigenvalue weighted by atomic mass is 10.0. The van der Waals surface area contributed by atoms with E-state index in [-0.39, 0.29) is 11.8 Å². The van der Waals surface area contributed by atoms with Crippen molar-refractivity contribution < 1.29 is 9.53 Å². The molecule has 2 aromatic rings. The van der Waals surface area contributed by atoms with Crippen LogP contribution in [-0.2, 0) is 4.79 Å². The summed E-state index contributed by atoms with van der Waals surface area (Å²) >= 11 is 6.04. The lowest BCUT2D eigenvalue weighted by Crippen LogP contribution is -2.21. The van der Waals surface area contributed by atoms with Gasteiger partial charge in [-0.05, 0) is 43.2 Å². The third-order valence-corrected chi connectivity index (χ3v) is 3.76. The van der Waals surface area contributed by atoms with E-state index in [4.69, 9.17) is 16.3 Å². The number of carbonyl (C=O) groups excluding carboxylic acids is 1. The number of benzene rings is 2. The molecule has 116 valence electrons. The third kappa shape index (κ3) is 4.25. The summed E-state index contributed by atoms with van der Waals surface area (Å²) in [6.07, 6.45) is 1.61. The Morgan fingerprint density at radius 2 is 1.82 bits per heavy atom. The highest BCUT2D eigenvalue weighted by molar-refractivity contribution is 6.31. The van der Waals surface area contributed by atoms with Crippen LogP contribution in [0.15, 0.2) is 48.5 Å². The predicted octanol–water partition coefficient (Wildman–Crippen LogP) is 5.51. The number of ether oxygens (including phenoxy) is 1. The molecule has 3 nitrogen and oxygen atoms in total. The number of anilines is 1. The number of nitrogens with one attached hydrogen (secondary N) is 1. The number of carbonyl (C=O) groups is 1. The SMILES string of the molecule is CCC(CC)C(=O)Nc1cc(Cl)ccc1Oc1ccccc1. The molecule has 0 saturated carbocycles. The standard InChI is InChI=1S/C18H20ClNO2/c1-3-13(4-2)18(21)20-16-12-14(19)10-11-17(16)22-15-8-6-5-7-9-15/h5-13H,3-4H2,1-2H3,(H,20,21). The van der Waals surface area contributed by atoms with Crippen molar-refractivity contribution in [1.82, 2.24) is 0 Å². The maximum Gasteiger partial charge on any atom is 0.227 e. The van der Waals surface area contributed by atoms with E-state index in [1.807, 2.05) is 44.2 Å². The first kappa shape index (κ1) is 16.4. The molecule has 0 atom stereocenters. The maximum atomic E-state index is 12.3. The van der Waals surface area contributed by atoms with Gasteiger partial charge in [-0.2, -0.15) is 0 Å². The highest BCUT2D eigenvalue weighted by atomic mass is 35.5. The van der Waals surface area contributed by atoms with Crippen molar-refractivity contribution in [2.45, 2.75) is 26.7 Å². The molecule has 0 radical (unpaired) electrons. The molecule has 4 heteroatoms. The van der Waals surface area contributed by atoms with Gasteiger partial charge in [-0.3, -0.25) is 4.79 Å². The van der Waals surface area contributed by atoms with E-state index >= 15 is 0 Å². The second kappa shape index (κ2) is 7.85. The Kier molecular flexibility index (Phi) is 5.84. The van der Waals surface area contributed by atoms with Crippen LogP contribution in [0.4, 0.5) is 5.69 Å². The molecular formula is C18H20ClNO2. The molecule has 0 saturated heterocycles. The second-order valence-electron chi connectivity index (χ2n) is 5.06. The highest BCUT2D eigenvalue weighted by Gasteiger charge is 2.16. The van der Waals surface area contributed by atoms with E-state index in [0.29, 0.717) is 22.2 Å². The zero-order chi connectivity index (χ0) is 15.9. The minimum atomic E-state index is -0.0106. The fourth-order valence-corrected chi connectivity index (χ4v) is 2.37. The van der Waals surface area contributed by atoms with Crippen molar-refractivity contribution in [1.29, 1.82) is 0 Å². The second-order valence-corrected chi connectivity index (χ2v) is 5.49. The van der Waals surface area contributed by atoms with E-state index in [0.717, 1.165) is 12.8 Å². The Bertz CT molecular complexity index is 624. The Hall–Kier alpha value is -2.00. The summed E-state index contributed by atoms with van der Waals surface area (Å²) in [4.78, 5) is 12.3. The fraction of sp³-hybridized carbons (Fsp3) is 0.278. The van der Waals surface area contributed by atoms with Gasteiger partial charge in [-0.15, -0.1) is 0 Å². The summed E-state index contributed by atoms with van der Waals surface area (Å²) in [5.74, 6) is 1.27. The Morgan fingerprint density at radius 3 is 2.45 bits per heavy atom. The number of hydrogen-bond acceptors (Lipinski definition) is 2. The quantitative estimate of drug-likeness (QED) is 0.763. The molecule has 0 fully saturated rings. The summed E-state index contributed by atoms with van der Waals surface area (Å²) in [6.45, 7) is 4.01. The van der Waals surface area contributed by atoms with Gasteiger partial charge in [0.2, 0.25) is 5.91 Å². The molecule has 0 aliphatic carbocycles. The number of amides is 1. The first-order chi connectivity index (χ1) is 10.6. The lowest BCUT2D eigenvalue weighted by molar-refractivity contribution is -0.120. The van der Waals surface area contributed by atoms with Crippen molar-refractivity contribution in [3.8, 4) is 11.5 Å². The largest absolute Gasteiger partial charge is 0.455 e. The topological polar surface area (TPSA) is 38.3 Å². The minimum absolute atomic E-state index is 0.00909. The molecule has 0 spiro atoms. The monoisotopic (exact) mass is 317 g/mol. The van der Waals surface area contributed by atoms with E-state index < -0.39 is 0 Å². The molecule has 0 unspecified atom stereocenters. The van der Waals surface area contributed by atoms with Gasteiger partial charge in [-0.25, -0.2) is 0 Å². The maximum absolute atomic E-state index is 12.3. The summed E-state index contributed by atoms with van der Waals surface area (Å²) < 4.78 is 5.84. The van der Waals surface area contributed by atoms with Crippen LogP contribution in [0.5, 0.6) is 11.5 Å². The summed E-state index contributed by atoms with van der Waals surface area (Å²) in [5.41, 5.74) is 0.591. The van der Waals surface area contributed by atoms with Crippen molar-refractivity contribution in [2.75, 3.05) is 5.32 Å². The van der Waals surface area contributed by atoms with Crippen molar-refractivity contribution in [2.24, 2.45) is 5.92 Å². The van der Waals surface area contributed by atoms with Crippen molar-refractivity contribution >= 4 is 23.2 Å². The summed E-state index contributed by atoms with van der Waals surface area (Å²) in [5, 5.41) is 3.48. The van der Waals surface area contributed by atoms with E-state index in [9.17, 15) is 4.79 Å². The van der Waals surface area contributed by atoms with Crippen LogP contribution in [-0.4, -0.2) is 5.91 Å². The molecule has 0 aliphatic heterocycles. The molecule has 0 aromatic heterocycles. The molecule has 1 N–H and O–H groups in total. The van der Waals surface area contributed by atoms with Gasteiger partial charge in [-0.1, -0.05) is 43.6 Å². The first-order valence-corrected chi connectivity index (χ1v) is 7.85. The van der Waals surface area contributed by atoms with Crippen LogP contribution >= 0.6 is 11.6 Å². The first-order valence-electron chi connectivity index (χ1n) is 7.47. The van der Waals surface area contributed by atoms with Crippen molar-refractivity contribution in [3.05, 3.63) is 53.6 Å². The molecule has 0 heterocycles. The number of para-hydroxylation sites is 1. The summed E-state index contributed by atoms with van der Waals surface area (Å²) in [6, 6.07) is 14.7. The zero-order valence-electron chi connectivity index (χ0n) is 12.8. The van der Waals surface area contributed by atoms with Crippen LogP contribution in [0, 0.1) is 5.92 Å². The molecule has 1 amide bonds. The predicted molar refractivity (Wildman–Crippen MR) is 90.7 cm³/mol. The normalized spacial score (nSPS) is 10.5. The van der Waals surface area contributed by atoms with E-state index in [1.54, 1.807) is 18.2 Å². The van der Waals surface area contributed by atoms with Gasteiger partial charge in [0.15, 0.2) is 5.75 Å². The third-order valence-electron chi connectivity index (χ3n) is 3.53. The molecule has 0 aliphatic rings. The number of hydrogen-bond donors (Lipinski definition) is 1. The van der Waals surface area contributed by atoms with Crippen LogP contribution < -0.4 is 10.1 Å². The average Bonchev–Trinajstić information content (AvgIpc) is 2.52. The van der Waals surface area contributed by atoms with Gasteiger partial charge < -0.3 is 10.1 Å². The van der Waals surface area contributed by atoms with Crippen LogP contribution in [0.3, 0.4) is 0 Å². The van der Waals surface area contributed by atoms with E-state index in [1.165, 1.54) is 0 Å². The Labute approximate surface area is 136 Å². The zero-order valence-corrected chi connectivity index (χ0v) is 13.6. The van der Waals surface area contributed by atoms with Crippen molar-refractivity contribution in [3.63, 3.8) is 0 Å². The van der Waals surface area contributed by atoms with Crippen LogP contribution in [0.2, 0.25) is 5.02 Å². The lowest BCUT2D eigenvalue weighted by Gasteiger charge is -2.16. The number of rotatable bonds is 6. The van der Waals surface area contributed by atoms with Gasteiger partial charge in [0, 0.05) is 10.9 Å². The van der Waals surface area contributed by atoms with Gasteiger partial charge >= 0.3 is 0 Å². The molecule has 2 rings (SSSR count). The molecular weight excluding hydrogens is 298 g/mol. The van der Waals surface area contributed by atoms with Gasteiger partial charge in [0.25, 0.3) is 0 Å². The van der Waals surface area contributed by atoms with Gasteiger partial charge in [0.05, 0.1) is 5.69 Å². The van der Waals surface area contributed by atoms with E-state index in [2.05, 4.69) is 5.32 Å². The van der Waals surface area contributed by atoms with Crippen LogP contribution in [0.1, 0.15) is 26.7 Å². The molecule has 2 aromatic carbocycles. The average molecular weight is 318 g/mol.